The van der Waals surface area contributed by atoms with E-state index < -0.39 is 64.4 Å². The smallest absolute Gasteiger partial charge is 0.424 e. The molecule has 1 aromatic heterocycles. The van der Waals surface area contributed by atoms with Crippen LogP contribution < -0.4 is 4.90 Å². The predicted molar refractivity (Wildman–Crippen MR) is 210 cm³/mol. The zero-order valence-corrected chi connectivity index (χ0v) is 37.1. The molecule has 1 aliphatic heterocycles. The molecule has 0 unspecified atom stereocenters. The average molecular weight is 753 g/mol. The summed E-state index contributed by atoms with van der Waals surface area (Å²) in [7, 11) is -4.96. The second-order valence-electron chi connectivity index (χ2n) is 18.2. The fraction of sp³-hybridized carbons (Fsp3) is 0.821. The van der Waals surface area contributed by atoms with E-state index in [1.54, 1.807) is 53.8 Å². The first-order valence-corrected chi connectivity index (χ1v) is 23.4. The number of hydrogen-bond donors (Lipinski definition) is 1. The van der Waals surface area contributed by atoms with Crippen LogP contribution in [0.5, 0.6) is 0 Å². The van der Waals surface area contributed by atoms with Crippen LogP contribution in [0.3, 0.4) is 0 Å². The highest BCUT2D eigenvalue weighted by atomic mass is 28.4. The molecule has 10 nitrogen and oxygen atoms in total. The van der Waals surface area contributed by atoms with Crippen LogP contribution in [0.1, 0.15) is 143 Å². The molecule has 2 rings (SSSR count). The zero-order valence-electron chi connectivity index (χ0n) is 35.1. The van der Waals surface area contributed by atoms with E-state index in [2.05, 4.69) is 88.1 Å². The Labute approximate surface area is 312 Å². The van der Waals surface area contributed by atoms with Gasteiger partial charge in [-0.05, 0) is 80.9 Å². The monoisotopic (exact) mass is 752 g/mol. The molecule has 0 aromatic carbocycles. The van der Waals surface area contributed by atoms with Crippen molar-refractivity contribution in [2.24, 2.45) is 0 Å². The molecule has 1 saturated heterocycles. The Morgan fingerprint density at radius 1 is 0.784 bits per heavy atom. The third kappa shape index (κ3) is 10.4. The van der Waals surface area contributed by atoms with Gasteiger partial charge in [0.25, 0.3) is 0 Å². The maximum Gasteiger partial charge on any atom is 0.424 e. The van der Waals surface area contributed by atoms with E-state index in [9.17, 15) is 14.7 Å². The molecule has 1 aromatic rings. The van der Waals surface area contributed by atoms with Crippen LogP contribution in [0, 0.1) is 0 Å². The van der Waals surface area contributed by atoms with E-state index in [4.69, 9.17) is 23.1 Å². The number of carbonyl (C=O) groups excluding carboxylic acids is 2. The molecule has 0 saturated carbocycles. The molecule has 1 N–H and O–H groups in total. The molecule has 0 aliphatic carbocycles. The fourth-order valence-electron chi connectivity index (χ4n) is 8.60. The first-order chi connectivity index (χ1) is 23.3. The number of carbonyl (C=O) groups is 2. The topological polar surface area (TPSA) is 117 Å². The third-order valence-electron chi connectivity index (χ3n) is 10.4. The van der Waals surface area contributed by atoms with Crippen LogP contribution in [0.4, 0.5) is 15.3 Å². The van der Waals surface area contributed by atoms with Gasteiger partial charge in [0, 0.05) is 18.2 Å². The van der Waals surface area contributed by atoms with Gasteiger partial charge in [-0.1, -0.05) is 83.1 Å². The van der Waals surface area contributed by atoms with Crippen molar-refractivity contribution in [1.29, 1.82) is 0 Å². The average Bonchev–Trinajstić information content (AvgIpc) is 2.96. The molecule has 2 heterocycles. The first kappa shape index (κ1) is 45.3. The molecule has 1 fully saturated rings. The Hall–Kier alpha value is -1.84. The molecule has 12 heteroatoms. The van der Waals surface area contributed by atoms with Gasteiger partial charge in [0.2, 0.25) is 16.6 Å². The maximum atomic E-state index is 13.8. The molecule has 0 radical (unpaired) electrons. The van der Waals surface area contributed by atoms with Crippen LogP contribution in [0.15, 0.2) is 18.5 Å². The van der Waals surface area contributed by atoms with E-state index in [0.29, 0.717) is 45.2 Å². The van der Waals surface area contributed by atoms with Crippen molar-refractivity contribution in [3.63, 3.8) is 0 Å². The third-order valence-corrected chi connectivity index (χ3v) is 22.6. The van der Waals surface area contributed by atoms with Crippen molar-refractivity contribution < 1.29 is 37.8 Å². The van der Waals surface area contributed by atoms with Crippen molar-refractivity contribution in [1.82, 2.24) is 4.98 Å². The number of nitrogens with zero attached hydrogens (tertiary/aromatic N) is 2. The first-order valence-electron chi connectivity index (χ1n) is 19.1. The molecule has 0 spiro atoms. The summed E-state index contributed by atoms with van der Waals surface area (Å²) in [6, 6.07) is 1.75. The summed E-state index contributed by atoms with van der Waals surface area (Å²) in [6.07, 6.45) is -0.677. The Bertz CT molecular complexity index is 1220. The minimum atomic E-state index is -2.48. The second-order valence-corrected chi connectivity index (χ2v) is 29.0. The van der Waals surface area contributed by atoms with Crippen LogP contribution in [0.2, 0.25) is 33.2 Å². The summed E-state index contributed by atoms with van der Waals surface area (Å²) in [5.41, 5.74) is 0.799. The predicted octanol–water partition coefficient (Wildman–Crippen LogP) is 10.7. The lowest BCUT2D eigenvalue weighted by atomic mass is 9.93. The lowest BCUT2D eigenvalue weighted by Gasteiger charge is -2.53. The van der Waals surface area contributed by atoms with Gasteiger partial charge in [-0.25, -0.2) is 9.59 Å². The van der Waals surface area contributed by atoms with Gasteiger partial charge in [-0.3, -0.25) is 4.98 Å². The number of pyridine rings is 1. The summed E-state index contributed by atoms with van der Waals surface area (Å²) < 4.78 is 33.4. The Kier molecular flexibility index (Phi) is 15.6. The molecule has 4 atom stereocenters. The van der Waals surface area contributed by atoms with E-state index >= 15 is 0 Å². The number of imide groups is 1. The summed E-state index contributed by atoms with van der Waals surface area (Å²) in [6.45, 7) is 37.2. The van der Waals surface area contributed by atoms with Gasteiger partial charge in [0.15, 0.2) is 0 Å². The standard InChI is InChI=1S/C39H72N2O8Si2/c1-24(2)50(25(3)4,26(5)6)48-33-21-32(45-34(23-42)35(33)49-51(27(7)8,28(9)10)29(11)12)30-19-20-40-22-31(30)41(36(43)46-38(13,14)15)37(44)47-39(16,17)18/h19-20,22,24-29,32-35,42H,21,23H2,1-18H3/t32-,33-,34-,35+/m1/s1. The molecule has 0 bridgehead atoms. The normalized spacial score (nSPS) is 21.0. The van der Waals surface area contributed by atoms with E-state index in [1.165, 1.54) is 6.20 Å². The SMILES string of the molecule is CC(C)[Si](O[C@@H]1[C@@H](CO)O[C@@H](c2ccncc2N(C(=O)OC(C)(C)C)C(=O)OC(C)(C)C)C[C@H]1O[Si](C(C)C)(C(C)C)C(C)C)(C(C)C)C(C)C. The highest BCUT2D eigenvalue weighted by Crippen LogP contribution is 2.50. The zero-order chi connectivity index (χ0) is 39.4. The minimum Gasteiger partial charge on any atom is -0.443 e. The van der Waals surface area contributed by atoms with Crippen LogP contribution in [-0.2, 0) is 23.1 Å². The quantitative estimate of drug-likeness (QED) is 0.196. The Morgan fingerprint density at radius 3 is 1.57 bits per heavy atom. The van der Waals surface area contributed by atoms with Crippen molar-refractivity contribution in [2.75, 3.05) is 11.5 Å². The Balaban J connectivity index is 2.88. The fourth-order valence-corrected chi connectivity index (χ4v) is 19.8. The summed E-state index contributed by atoms with van der Waals surface area (Å²) >= 11 is 0. The minimum absolute atomic E-state index is 0.191. The van der Waals surface area contributed by atoms with Gasteiger partial charge in [-0.15, -0.1) is 0 Å². The van der Waals surface area contributed by atoms with Gasteiger partial charge in [0.05, 0.1) is 36.8 Å². The Morgan fingerprint density at radius 2 is 1.20 bits per heavy atom. The number of rotatable bonds is 13. The molecule has 294 valence electrons. The van der Waals surface area contributed by atoms with E-state index in [0.717, 1.165) is 4.90 Å². The lowest BCUT2D eigenvalue weighted by Crippen LogP contribution is -2.62. The second kappa shape index (κ2) is 17.5. The van der Waals surface area contributed by atoms with Crippen LogP contribution in [-0.4, -0.2) is 75.0 Å². The van der Waals surface area contributed by atoms with Crippen LogP contribution in [0.25, 0.3) is 0 Å². The van der Waals surface area contributed by atoms with Crippen molar-refractivity contribution in [2.45, 2.75) is 200 Å². The number of aliphatic hydroxyl groups excluding tert-OH is 1. The molecule has 1 aliphatic rings. The van der Waals surface area contributed by atoms with Gasteiger partial charge < -0.3 is 28.2 Å². The van der Waals surface area contributed by atoms with Crippen molar-refractivity contribution in [3.8, 4) is 0 Å². The summed E-state index contributed by atoms with van der Waals surface area (Å²) in [5.74, 6) is 0. The molecule has 2 amide bonds. The van der Waals surface area contributed by atoms with Crippen LogP contribution >= 0.6 is 0 Å². The van der Waals surface area contributed by atoms with E-state index in [1.807, 2.05) is 0 Å². The molecular weight excluding hydrogens is 681 g/mol. The number of amides is 2. The van der Waals surface area contributed by atoms with Gasteiger partial charge in [0.1, 0.15) is 17.3 Å². The number of aliphatic hydroxyl groups is 1. The number of anilines is 1. The van der Waals surface area contributed by atoms with E-state index in [-0.39, 0.29) is 12.3 Å². The van der Waals surface area contributed by atoms with Crippen molar-refractivity contribution in [3.05, 3.63) is 24.0 Å². The molecule has 51 heavy (non-hydrogen) atoms. The molecular formula is C39H72N2O8Si2. The lowest BCUT2D eigenvalue weighted by molar-refractivity contribution is -0.174. The highest BCUT2D eigenvalue weighted by molar-refractivity contribution is 6.78. The number of hydrogen-bond acceptors (Lipinski definition) is 9. The maximum absolute atomic E-state index is 13.8. The van der Waals surface area contributed by atoms with Gasteiger partial charge >= 0.3 is 12.2 Å². The highest BCUT2D eigenvalue weighted by Gasteiger charge is 2.55. The number of aromatic nitrogens is 1. The largest absolute Gasteiger partial charge is 0.443 e. The number of ether oxygens (including phenoxy) is 3. The van der Waals surface area contributed by atoms with Crippen molar-refractivity contribution >= 4 is 34.5 Å². The summed E-state index contributed by atoms with van der Waals surface area (Å²) in [4.78, 5) is 32.8. The van der Waals surface area contributed by atoms with Gasteiger partial charge in [-0.2, -0.15) is 4.90 Å². The summed E-state index contributed by atoms with van der Waals surface area (Å²) in [5, 5.41) is 11.1.